The molecule has 0 radical (unpaired) electrons. The average molecular weight is 325 g/mol. The van der Waals surface area contributed by atoms with Gasteiger partial charge in [-0.05, 0) is 6.92 Å². The van der Waals surface area contributed by atoms with Crippen molar-refractivity contribution in [3.8, 4) is 0 Å². The summed E-state index contributed by atoms with van der Waals surface area (Å²) in [6, 6.07) is 0. The minimum absolute atomic E-state index is 0.209. The number of nitrogens with zero attached hydrogens (tertiary/aromatic N) is 3. The van der Waals surface area contributed by atoms with Crippen molar-refractivity contribution < 1.29 is 19.4 Å². The van der Waals surface area contributed by atoms with Gasteiger partial charge in [0.1, 0.15) is 11.9 Å². The molecule has 118 valence electrons. The van der Waals surface area contributed by atoms with Crippen molar-refractivity contribution in [2.75, 3.05) is 6.61 Å². The monoisotopic (exact) mass is 325 g/mol. The van der Waals surface area contributed by atoms with E-state index < -0.39 is 24.4 Å². The average Bonchev–Trinajstić information content (AvgIpc) is 2.98. The van der Waals surface area contributed by atoms with E-state index in [4.69, 9.17) is 9.47 Å². The standard InChI is InChI=1S/C13H15N3O5S/c1-6-14-4-10-11(15-6)16(13(19)22-10)12-9(20-7(2)18)3-8(5-17)21-12/h4,8-9,12,17H,3,5H2,1-2H3/t8-,9+,12?/m0/s1. The van der Waals surface area contributed by atoms with Gasteiger partial charge < -0.3 is 14.6 Å². The molecule has 3 atom stereocenters. The first kappa shape index (κ1) is 15.1. The molecule has 3 rings (SSSR count). The Morgan fingerprint density at radius 2 is 2.41 bits per heavy atom. The second-order valence-electron chi connectivity index (χ2n) is 5.06. The van der Waals surface area contributed by atoms with E-state index in [1.165, 1.54) is 11.5 Å². The quantitative estimate of drug-likeness (QED) is 0.813. The fourth-order valence-corrected chi connectivity index (χ4v) is 3.34. The van der Waals surface area contributed by atoms with E-state index in [0.29, 0.717) is 22.6 Å². The molecule has 1 unspecified atom stereocenters. The Kier molecular flexibility index (Phi) is 3.94. The van der Waals surface area contributed by atoms with Crippen LogP contribution < -0.4 is 4.87 Å². The second kappa shape index (κ2) is 5.75. The highest BCUT2D eigenvalue weighted by atomic mass is 32.1. The molecule has 0 spiro atoms. The number of carbonyl (C=O) groups is 1. The number of ether oxygens (including phenoxy) is 2. The van der Waals surface area contributed by atoms with Crippen LogP contribution in [0.5, 0.6) is 0 Å². The Balaban J connectivity index is 2.08. The third-order valence-corrected chi connectivity index (χ3v) is 4.28. The fourth-order valence-electron chi connectivity index (χ4n) is 2.53. The molecule has 2 aromatic heterocycles. The summed E-state index contributed by atoms with van der Waals surface area (Å²) in [6.07, 6.45) is -0.00937. The summed E-state index contributed by atoms with van der Waals surface area (Å²) in [5.41, 5.74) is 0.447. The van der Waals surface area contributed by atoms with Crippen molar-refractivity contribution in [3.63, 3.8) is 0 Å². The molecule has 1 fully saturated rings. The molecule has 9 heteroatoms. The lowest BCUT2D eigenvalue weighted by Crippen LogP contribution is -2.30. The molecule has 1 aliphatic rings. The van der Waals surface area contributed by atoms with Crippen LogP contribution >= 0.6 is 11.3 Å². The van der Waals surface area contributed by atoms with Gasteiger partial charge in [0, 0.05) is 13.3 Å². The number of aromatic nitrogens is 3. The predicted molar refractivity (Wildman–Crippen MR) is 77.6 cm³/mol. The molecule has 0 aromatic carbocycles. The fraction of sp³-hybridized carbons (Fsp3) is 0.538. The largest absolute Gasteiger partial charge is 0.458 e. The van der Waals surface area contributed by atoms with Gasteiger partial charge >= 0.3 is 10.8 Å². The molecule has 0 saturated carbocycles. The Morgan fingerprint density at radius 3 is 3.09 bits per heavy atom. The Labute approximate surface area is 129 Å². The van der Waals surface area contributed by atoms with Crippen LogP contribution in [0.15, 0.2) is 11.0 Å². The van der Waals surface area contributed by atoms with E-state index in [1.54, 1.807) is 13.1 Å². The second-order valence-corrected chi connectivity index (χ2v) is 6.05. The molecule has 1 aliphatic heterocycles. The van der Waals surface area contributed by atoms with Gasteiger partial charge in [-0.3, -0.25) is 14.2 Å². The van der Waals surface area contributed by atoms with Gasteiger partial charge in [-0.25, -0.2) is 9.97 Å². The topological polar surface area (TPSA) is 104 Å². The highest BCUT2D eigenvalue weighted by Gasteiger charge is 2.40. The molecule has 8 nitrogen and oxygen atoms in total. The van der Waals surface area contributed by atoms with E-state index in [9.17, 15) is 14.7 Å². The van der Waals surface area contributed by atoms with E-state index in [2.05, 4.69) is 9.97 Å². The molecule has 1 saturated heterocycles. The lowest BCUT2D eigenvalue weighted by Gasteiger charge is -2.19. The molecule has 0 aliphatic carbocycles. The number of rotatable bonds is 3. The molecular weight excluding hydrogens is 310 g/mol. The number of carbonyl (C=O) groups excluding carboxylic acids is 1. The highest BCUT2D eigenvalue weighted by Crippen LogP contribution is 2.33. The van der Waals surface area contributed by atoms with Crippen LogP contribution in [0.25, 0.3) is 10.3 Å². The first-order chi connectivity index (χ1) is 10.5. The first-order valence-electron chi connectivity index (χ1n) is 6.78. The van der Waals surface area contributed by atoms with Gasteiger partial charge in [-0.2, -0.15) is 0 Å². The molecule has 0 bridgehead atoms. The summed E-state index contributed by atoms with van der Waals surface area (Å²) in [5.74, 6) is 0.0652. The van der Waals surface area contributed by atoms with Crippen molar-refractivity contribution in [1.82, 2.24) is 14.5 Å². The van der Waals surface area contributed by atoms with Crippen LogP contribution in [-0.4, -0.2) is 44.4 Å². The van der Waals surface area contributed by atoms with Gasteiger partial charge in [-0.15, -0.1) is 0 Å². The smallest absolute Gasteiger partial charge is 0.311 e. The van der Waals surface area contributed by atoms with Crippen molar-refractivity contribution >= 4 is 27.7 Å². The summed E-state index contributed by atoms with van der Waals surface area (Å²) in [6.45, 7) is 2.81. The van der Waals surface area contributed by atoms with Crippen LogP contribution in [0, 0.1) is 6.92 Å². The summed E-state index contributed by atoms with van der Waals surface area (Å²) in [4.78, 5) is 31.6. The summed E-state index contributed by atoms with van der Waals surface area (Å²) < 4.78 is 12.9. The Hall–Kier alpha value is -1.84. The molecule has 1 N–H and O–H groups in total. The summed E-state index contributed by atoms with van der Waals surface area (Å²) in [5, 5.41) is 9.28. The number of aryl methyl sites for hydroxylation is 1. The molecule has 2 aromatic rings. The van der Waals surface area contributed by atoms with Crippen LogP contribution in [0.2, 0.25) is 0 Å². The predicted octanol–water partition coefficient (Wildman–Crippen LogP) is 0.373. The summed E-state index contributed by atoms with van der Waals surface area (Å²) >= 11 is 1.00. The van der Waals surface area contributed by atoms with Gasteiger partial charge in [0.05, 0.1) is 23.6 Å². The third kappa shape index (κ3) is 2.62. The lowest BCUT2D eigenvalue weighted by atomic mass is 10.2. The minimum Gasteiger partial charge on any atom is -0.458 e. The van der Waals surface area contributed by atoms with Gasteiger partial charge in [0.15, 0.2) is 11.9 Å². The van der Waals surface area contributed by atoms with Crippen molar-refractivity contribution in [2.45, 2.75) is 38.7 Å². The number of aliphatic hydroxyl groups excluding tert-OH is 1. The molecule has 22 heavy (non-hydrogen) atoms. The van der Waals surface area contributed by atoms with Crippen LogP contribution in [-0.2, 0) is 14.3 Å². The molecular formula is C13H15N3O5S. The lowest BCUT2D eigenvalue weighted by molar-refractivity contribution is -0.152. The zero-order valence-corrected chi connectivity index (χ0v) is 12.9. The highest BCUT2D eigenvalue weighted by molar-refractivity contribution is 7.16. The number of thiazole rings is 1. The first-order valence-corrected chi connectivity index (χ1v) is 7.59. The number of aliphatic hydroxyl groups is 1. The minimum atomic E-state index is -0.795. The SMILES string of the molecule is CC(=O)O[C@@H]1C[C@@H](CO)OC1n1c(=O)sc2cnc(C)nc21. The Morgan fingerprint density at radius 1 is 1.64 bits per heavy atom. The van der Waals surface area contributed by atoms with Gasteiger partial charge in [-0.1, -0.05) is 11.3 Å². The van der Waals surface area contributed by atoms with Gasteiger partial charge in [0.2, 0.25) is 0 Å². The Bertz CT molecular complexity index is 771. The van der Waals surface area contributed by atoms with E-state index >= 15 is 0 Å². The normalized spacial score (nSPS) is 24.8. The zero-order chi connectivity index (χ0) is 15.9. The molecule has 3 heterocycles. The van der Waals surface area contributed by atoms with Gasteiger partial charge in [0.25, 0.3) is 0 Å². The van der Waals surface area contributed by atoms with Crippen molar-refractivity contribution in [2.24, 2.45) is 0 Å². The number of fused-ring (bicyclic) bond motifs is 1. The zero-order valence-electron chi connectivity index (χ0n) is 12.1. The van der Waals surface area contributed by atoms with E-state index in [0.717, 1.165) is 11.3 Å². The maximum absolute atomic E-state index is 12.3. The maximum Gasteiger partial charge on any atom is 0.311 e. The van der Waals surface area contributed by atoms with Crippen LogP contribution in [0.1, 0.15) is 25.4 Å². The van der Waals surface area contributed by atoms with Crippen molar-refractivity contribution in [3.05, 3.63) is 21.7 Å². The van der Waals surface area contributed by atoms with Crippen LogP contribution in [0.3, 0.4) is 0 Å². The number of hydrogen-bond donors (Lipinski definition) is 1. The van der Waals surface area contributed by atoms with Crippen molar-refractivity contribution in [1.29, 1.82) is 0 Å². The molecule has 0 amide bonds. The van der Waals surface area contributed by atoms with E-state index in [-0.39, 0.29) is 11.5 Å². The number of hydrogen-bond acceptors (Lipinski definition) is 8. The maximum atomic E-state index is 12.3. The number of esters is 1. The summed E-state index contributed by atoms with van der Waals surface area (Å²) in [7, 11) is 0. The van der Waals surface area contributed by atoms with E-state index in [1.807, 2.05) is 0 Å². The third-order valence-electron chi connectivity index (χ3n) is 3.40. The van der Waals surface area contributed by atoms with Crippen LogP contribution in [0.4, 0.5) is 0 Å².